The summed E-state index contributed by atoms with van der Waals surface area (Å²) in [5, 5.41) is 3.47. The van der Waals surface area contributed by atoms with Gasteiger partial charge in [0.05, 0.1) is 0 Å². The Hall–Kier alpha value is -0.860. The molecule has 0 bridgehead atoms. The Labute approximate surface area is 130 Å². The van der Waals surface area contributed by atoms with Crippen molar-refractivity contribution in [3.05, 3.63) is 35.4 Å². The summed E-state index contributed by atoms with van der Waals surface area (Å²) in [7, 11) is 0. The predicted octanol–water partition coefficient (Wildman–Crippen LogP) is 4.05. The molecule has 1 saturated heterocycles. The smallest absolute Gasteiger partial charge is 0.0233 e. The highest BCUT2D eigenvalue weighted by Crippen LogP contribution is 2.34. The Morgan fingerprint density at radius 3 is 2.29 bits per heavy atom. The van der Waals surface area contributed by atoms with Gasteiger partial charge in [0.2, 0.25) is 0 Å². The molecule has 0 amide bonds. The normalized spacial score (nSPS) is 20.4. The van der Waals surface area contributed by atoms with Crippen molar-refractivity contribution in [2.75, 3.05) is 13.1 Å². The summed E-state index contributed by atoms with van der Waals surface area (Å²) >= 11 is 0. The van der Waals surface area contributed by atoms with Gasteiger partial charge in [0.1, 0.15) is 0 Å². The van der Waals surface area contributed by atoms with Gasteiger partial charge in [-0.05, 0) is 35.4 Å². The van der Waals surface area contributed by atoms with Crippen molar-refractivity contribution in [1.82, 2.24) is 10.2 Å². The fourth-order valence-corrected chi connectivity index (χ4v) is 3.03. The third-order valence-electron chi connectivity index (χ3n) is 4.64. The van der Waals surface area contributed by atoms with Crippen LogP contribution in [0.4, 0.5) is 0 Å². The quantitative estimate of drug-likeness (QED) is 0.879. The van der Waals surface area contributed by atoms with Gasteiger partial charge in [-0.2, -0.15) is 0 Å². The second kappa shape index (κ2) is 6.93. The summed E-state index contributed by atoms with van der Waals surface area (Å²) in [6.45, 7) is 16.1. The third-order valence-corrected chi connectivity index (χ3v) is 4.64. The van der Waals surface area contributed by atoms with Gasteiger partial charge in [-0.3, -0.25) is 4.90 Å². The molecule has 1 fully saturated rings. The Bertz CT molecular complexity index is 428. The molecular weight excluding hydrogens is 256 g/mol. The van der Waals surface area contributed by atoms with Gasteiger partial charge in [0, 0.05) is 25.7 Å². The molecule has 21 heavy (non-hydrogen) atoms. The highest BCUT2D eigenvalue weighted by molar-refractivity contribution is 5.22. The molecule has 1 aliphatic heterocycles. The van der Waals surface area contributed by atoms with Crippen molar-refractivity contribution < 1.29 is 0 Å². The maximum atomic E-state index is 3.47. The van der Waals surface area contributed by atoms with Crippen LogP contribution in [0.5, 0.6) is 0 Å². The first-order valence-corrected chi connectivity index (χ1v) is 8.38. The first-order chi connectivity index (χ1) is 9.84. The van der Waals surface area contributed by atoms with Crippen LogP contribution in [0, 0.1) is 11.3 Å². The molecule has 1 heterocycles. The zero-order valence-corrected chi connectivity index (χ0v) is 14.4. The molecule has 0 radical (unpaired) electrons. The number of nitrogens with one attached hydrogen (secondary N) is 1. The van der Waals surface area contributed by atoms with E-state index in [1.807, 2.05) is 0 Å². The topological polar surface area (TPSA) is 15.3 Å². The molecule has 1 aromatic rings. The Kier molecular flexibility index (Phi) is 5.45. The number of hydrogen-bond acceptors (Lipinski definition) is 2. The summed E-state index contributed by atoms with van der Waals surface area (Å²) in [4.78, 5) is 2.61. The monoisotopic (exact) mass is 288 g/mol. The van der Waals surface area contributed by atoms with Crippen LogP contribution in [0.2, 0.25) is 0 Å². The molecule has 2 rings (SSSR count). The Morgan fingerprint density at radius 1 is 1.14 bits per heavy atom. The summed E-state index contributed by atoms with van der Waals surface area (Å²) in [6, 6.07) is 9.66. The van der Waals surface area contributed by atoms with E-state index in [0.717, 1.165) is 19.0 Å². The summed E-state index contributed by atoms with van der Waals surface area (Å²) in [5.74, 6) is 0.840. The molecule has 118 valence electrons. The van der Waals surface area contributed by atoms with Gasteiger partial charge in [0.25, 0.3) is 0 Å². The molecule has 1 aliphatic rings. The second-order valence-electron chi connectivity index (χ2n) is 7.94. The van der Waals surface area contributed by atoms with Gasteiger partial charge in [-0.1, -0.05) is 58.9 Å². The molecule has 2 heteroatoms. The molecule has 1 atom stereocenters. The lowest BCUT2D eigenvalue weighted by molar-refractivity contribution is 0.226. The predicted molar refractivity (Wildman–Crippen MR) is 91.3 cm³/mol. The molecule has 0 aromatic heterocycles. The number of likely N-dealkylation sites (tertiary alicyclic amines) is 1. The van der Waals surface area contributed by atoms with E-state index in [2.05, 4.69) is 69.1 Å². The minimum absolute atomic E-state index is 0.446. The van der Waals surface area contributed by atoms with Gasteiger partial charge in [-0.25, -0.2) is 0 Å². The first-order valence-electron chi connectivity index (χ1n) is 8.38. The van der Waals surface area contributed by atoms with Crippen LogP contribution in [0.1, 0.15) is 52.2 Å². The van der Waals surface area contributed by atoms with Crippen LogP contribution in [0.15, 0.2) is 24.3 Å². The molecule has 2 nitrogen and oxygen atoms in total. The van der Waals surface area contributed by atoms with Gasteiger partial charge in [0.15, 0.2) is 0 Å². The average molecular weight is 288 g/mol. The van der Waals surface area contributed by atoms with Crippen molar-refractivity contribution in [3.63, 3.8) is 0 Å². The Balaban J connectivity index is 1.84. The number of benzene rings is 1. The largest absolute Gasteiger partial charge is 0.310 e. The van der Waals surface area contributed by atoms with E-state index in [9.17, 15) is 0 Å². The number of rotatable bonds is 5. The lowest BCUT2D eigenvalue weighted by atomic mass is 9.80. The van der Waals surface area contributed by atoms with E-state index in [-0.39, 0.29) is 0 Å². The lowest BCUT2D eigenvalue weighted by Gasteiger charge is -2.27. The lowest BCUT2D eigenvalue weighted by Crippen LogP contribution is -2.25. The van der Waals surface area contributed by atoms with Crippen LogP contribution in [-0.2, 0) is 13.1 Å². The number of hydrogen-bond donors (Lipinski definition) is 1. The second-order valence-corrected chi connectivity index (χ2v) is 7.94. The minimum Gasteiger partial charge on any atom is -0.310 e. The Morgan fingerprint density at radius 2 is 1.76 bits per heavy atom. The fraction of sp³-hybridized carbons (Fsp3) is 0.684. The van der Waals surface area contributed by atoms with Gasteiger partial charge < -0.3 is 5.32 Å². The van der Waals surface area contributed by atoms with E-state index in [4.69, 9.17) is 0 Å². The first kappa shape index (κ1) is 16.5. The van der Waals surface area contributed by atoms with Crippen LogP contribution in [-0.4, -0.2) is 24.0 Å². The van der Waals surface area contributed by atoms with Gasteiger partial charge in [-0.15, -0.1) is 0 Å². The average Bonchev–Trinajstić information content (AvgIpc) is 2.86. The SMILES string of the molecule is CC(C)NCc1ccc(CN2CCC(C(C)(C)C)C2)cc1. The molecule has 1 unspecified atom stereocenters. The van der Waals surface area contributed by atoms with E-state index >= 15 is 0 Å². The van der Waals surface area contributed by atoms with Crippen molar-refractivity contribution in [3.8, 4) is 0 Å². The molecule has 0 spiro atoms. The zero-order valence-electron chi connectivity index (χ0n) is 14.4. The third kappa shape index (κ3) is 5.12. The summed E-state index contributed by atoms with van der Waals surface area (Å²) < 4.78 is 0. The maximum Gasteiger partial charge on any atom is 0.0233 e. The maximum absolute atomic E-state index is 3.47. The van der Waals surface area contributed by atoms with Crippen molar-refractivity contribution in [2.24, 2.45) is 11.3 Å². The zero-order chi connectivity index (χ0) is 15.5. The van der Waals surface area contributed by atoms with Crippen LogP contribution in [0.3, 0.4) is 0 Å². The summed E-state index contributed by atoms with van der Waals surface area (Å²) in [5.41, 5.74) is 3.26. The molecule has 1 N–H and O–H groups in total. The standard InChI is InChI=1S/C19H32N2/c1-15(2)20-12-16-6-8-17(9-7-16)13-21-11-10-18(14-21)19(3,4)5/h6-9,15,18,20H,10-14H2,1-5H3. The van der Waals surface area contributed by atoms with Crippen LogP contribution >= 0.6 is 0 Å². The van der Waals surface area contributed by atoms with Crippen molar-refractivity contribution in [2.45, 2.75) is 60.2 Å². The van der Waals surface area contributed by atoms with Crippen LogP contribution < -0.4 is 5.32 Å². The minimum atomic E-state index is 0.446. The number of nitrogens with zero attached hydrogens (tertiary/aromatic N) is 1. The van der Waals surface area contributed by atoms with Gasteiger partial charge >= 0.3 is 0 Å². The molecular formula is C19H32N2. The molecule has 0 saturated carbocycles. The molecule has 1 aromatic carbocycles. The van der Waals surface area contributed by atoms with Crippen molar-refractivity contribution in [1.29, 1.82) is 0 Å². The van der Waals surface area contributed by atoms with E-state index in [1.165, 1.54) is 30.6 Å². The van der Waals surface area contributed by atoms with Crippen molar-refractivity contribution >= 4 is 0 Å². The van der Waals surface area contributed by atoms with E-state index in [0.29, 0.717) is 11.5 Å². The highest BCUT2D eigenvalue weighted by Gasteiger charge is 2.31. The van der Waals surface area contributed by atoms with E-state index in [1.54, 1.807) is 0 Å². The highest BCUT2D eigenvalue weighted by atomic mass is 15.1. The fourth-order valence-electron chi connectivity index (χ4n) is 3.03. The molecule has 0 aliphatic carbocycles. The summed E-state index contributed by atoms with van der Waals surface area (Å²) in [6.07, 6.45) is 1.35. The van der Waals surface area contributed by atoms with E-state index < -0.39 is 0 Å². The van der Waals surface area contributed by atoms with Crippen LogP contribution in [0.25, 0.3) is 0 Å².